The average molecular weight is 392 g/mol. The smallest absolute Gasteiger partial charge is 0.337 e. The summed E-state index contributed by atoms with van der Waals surface area (Å²) in [5, 5.41) is 14.3. The van der Waals surface area contributed by atoms with Crippen LogP contribution in [0.15, 0.2) is 18.2 Å². The van der Waals surface area contributed by atoms with Crippen LogP contribution in [0.2, 0.25) is 0 Å². The van der Waals surface area contributed by atoms with Crippen LogP contribution in [0.5, 0.6) is 0 Å². The van der Waals surface area contributed by atoms with E-state index in [2.05, 4.69) is 10.6 Å². The molecule has 1 rings (SSSR count). The highest BCUT2D eigenvalue weighted by molar-refractivity contribution is 14.1. The zero-order valence-corrected chi connectivity index (χ0v) is 13.4. The molecule has 0 spiro atoms. The molecule has 7 heteroatoms. The van der Waals surface area contributed by atoms with Gasteiger partial charge >= 0.3 is 12.0 Å². The van der Waals surface area contributed by atoms with E-state index < -0.39 is 12.0 Å². The summed E-state index contributed by atoms with van der Waals surface area (Å²) in [7, 11) is 1.60. The number of hydrogen-bond acceptors (Lipinski definition) is 3. The van der Waals surface area contributed by atoms with E-state index in [-0.39, 0.29) is 17.2 Å². The molecule has 0 aliphatic heterocycles. The van der Waals surface area contributed by atoms with Gasteiger partial charge in [0.2, 0.25) is 0 Å². The highest BCUT2D eigenvalue weighted by atomic mass is 127. The number of carbonyl (C=O) groups excluding carboxylic acids is 1. The fourth-order valence-corrected chi connectivity index (χ4v) is 2.07. The summed E-state index contributed by atoms with van der Waals surface area (Å²) in [6.07, 6.45) is 0. The van der Waals surface area contributed by atoms with Crippen LogP contribution in [-0.4, -0.2) is 37.4 Å². The molecule has 0 radical (unpaired) electrons. The maximum atomic E-state index is 11.7. The molecule has 3 N–H and O–H groups in total. The van der Waals surface area contributed by atoms with Gasteiger partial charge in [-0.1, -0.05) is 6.92 Å². The summed E-state index contributed by atoms with van der Waals surface area (Å²) in [6.45, 7) is 2.94. The highest BCUT2D eigenvalue weighted by Gasteiger charge is 2.13. The lowest BCUT2D eigenvalue weighted by atomic mass is 10.2. The van der Waals surface area contributed by atoms with Crippen molar-refractivity contribution in [3.05, 3.63) is 27.3 Å². The zero-order valence-electron chi connectivity index (χ0n) is 11.3. The second kappa shape index (κ2) is 8.05. The van der Waals surface area contributed by atoms with E-state index in [1.807, 2.05) is 29.5 Å². The van der Waals surface area contributed by atoms with Gasteiger partial charge in [-0.25, -0.2) is 9.59 Å². The number of ether oxygens (including phenoxy) is 1. The van der Waals surface area contributed by atoms with Gasteiger partial charge in [-0.05, 0) is 46.7 Å². The summed E-state index contributed by atoms with van der Waals surface area (Å²) < 4.78 is 5.76. The number of urea groups is 1. The molecule has 0 aliphatic rings. The van der Waals surface area contributed by atoms with E-state index in [0.717, 1.165) is 3.57 Å². The van der Waals surface area contributed by atoms with E-state index in [9.17, 15) is 9.59 Å². The van der Waals surface area contributed by atoms with Crippen molar-refractivity contribution in [2.45, 2.75) is 6.92 Å². The van der Waals surface area contributed by atoms with E-state index >= 15 is 0 Å². The normalized spacial score (nSPS) is 11.8. The fraction of sp³-hybridized carbons (Fsp3) is 0.385. The quantitative estimate of drug-likeness (QED) is 0.649. The van der Waals surface area contributed by atoms with Crippen LogP contribution in [-0.2, 0) is 4.74 Å². The lowest BCUT2D eigenvalue weighted by molar-refractivity contribution is 0.0698. The maximum Gasteiger partial charge on any atom is 0.337 e. The fourth-order valence-electron chi connectivity index (χ4n) is 1.58. The average Bonchev–Trinajstić information content (AvgIpc) is 2.38. The molecule has 1 aromatic carbocycles. The van der Waals surface area contributed by atoms with Gasteiger partial charge in [0.15, 0.2) is 0 Å². The van der Waals surface area contributed by atoms with Gasteiger partial charge in [-0.15, -0.1) is 0 Å². The number of anilines is 1. The molecule has 2 amide bonds. The number of carbonyl (C=O) groups is 2. The molecule has 0 fully saturated rings. The summed E-state index contributed by atoms with van der Waals surface area (Å²) >= 11 is 2.02. The number of amides is 2. The first-order valence-corrected chi connectivity index (χ1v) is 7.08. The number of carboxylic acid groups (broad SMARTS) is 1. The van der Waals surface area contributed by atoms with Gasteiger partial charge in [0.1, 0.15) is 0 Å². The van der Waals surface area contributed by atoms with Crippen molar-refractivity contribution in [2.75, 3.05) is 25.6 Å². The minimum atomic E-state index is -1.08. The third kappa shape index (κ3) is 5.33. The van der Waals surface area contributed by atoms with Gasteiger partial charge in [0.25, 0.3) is 0 Å². The minimum Gasteiger partial charge on any atom is -0.478 e. The monoisotopic (exact) mass is 392 g/mol. The number of halogens is 1. The largest absolute Gasteiger partial charge is 0.478 e. The Kier molecular flexibility index (Phi) is 6.73. The van der Waals surface area contributed by atoms with E-state index in [1.54, 1.807) is 19.2 Å². The summed E-state index contributed by atoms with van der Waals surface area (Å²) in [6, 6.07) is 4.38. The van der Waals surface area contributed by atoms with Gasteiger partial charge < -0.3 is 20.5 Å². The van der Waals surface area contributed by atoms with Crippen LogP contribution < -0.4 is 10.6 Å². The van der Waals surface area contributed by atoms with Crippen molar-refractivity contribution >= 4 is 40.3 Å². The van der Waals surface area contributed by atoms with Crippen molar-refractivity contribution in [3.63, 3.8) is 0 Å². The Labute approximate surface area is 131 Å². The predicted molar refractivity (Wildman–Crippen MR) is 84.2 cm³/mol. The molecule has 1 unspecified atom stereocenters. The topological polar surface area (TPSA) is 87.7 Å². The first-order chi connectivity index (χ1) is 9.43. The first kappa shape index (κ1) is 16.7. The Bertz CT molecular complexity index is 493. The molecule has 0 saturated heterocycles. The number of aromatic carboxylic acids is 1. The van der Waals surface area contributed by atoms with Crippen LogP contribution in [0.25, 0.3) is 0 Å². The minimum absolute atomic E-state index is 0.0667. The SMILES string of the molecule is COCC(C)CNC(=O)Nc1ccc(I)cc1C(=O)O. The number of methoxy groups -OCH3 is 1. The molecular weight excluding hydrogens is 375 g/mol. The second-order valence-electron chi connectivity index (χ2n) is 4.39. The molecule has 1 atom stereocenters. The number of carboxylic acids is 1. The molecule has 0 bridgehead atoms. The molecule has 20 heavy (non-hydrogen) atoms. The number of nitrogens with one attached hydrogen (secondary N) is 2. The lowest BCUT2D eigenvalue weighted by Gasteiger charge is -2.13. The molecule has 6 nitrogen and oxygen atoms in total. The van der Waals surface area contributed by atoms with Crippen LogP contribution in [0.1, 0.15) is 17.3 Å². The Morgan fingerprint density at radius 1 is 1.45 bits per heavy atom. The predicted octanol–water partition coefficient (Wildman–Crippen LogP) is 2.39. The molecule has 0 saturated carbocycles. The van der Waals surface area contributed by atoms with Gasteiger partial charge in [-0.2, -0.15) is 0 Å². The number of benzene rings is 1. The van der Waals surface area contributed by atoms with Crippen LogP contribution in [0.4, 0.5) is 10.5 Å². The Morgan fingerprint density at radius 3 is 2.75 bits per heavy atom. The van der Waals surface area contributed by atoms with Gasteiger partial charge in [0, 0.05) is 17.2 Å². The molecule has 0 aromatic heterocycles. The molecular formula is C13H17IN2O4. The highest BCUT2D eigenvalue weighted by Crippen LogP contribution is 2.18. The van der Waals surface area contributed by atoms with Crippen molar-refractivity contribution in [1.29, 1.82) is 0 Å². The summed E-state index contributed by atoms with van der Waals surface area (Å²) in [5.41, 5.74) is 0.340. The van der Waals surface area contributed by atoms with Crippen LogP contribution in [0.3, 0.4) is 0 Å². The third-order valence-corrected chi connectivity index (χ3v) is 3.19. The van der Waals surface area contributed by atoms with Gasteiger partial charge in [-0.3, -0.25) is 0 Å². The summed E-state index contributed by atoms with van der Waals surface area (Å²) in [5.74, 6) is -0.895. The maximum absolute atomic E-state index is 11.7. The van der Waals surface area contributed by atoms with Crippen molar-refractivity contribution in [1.82, 2.24) is 5.32 Å². The second-order valence-corrected chi connectivity index (χ2v) is 5.64. The van der Waals surface area contributed by atoms with Crippen molar-refractivity contribution in [2.24, 2.45) is 5.92 Å². The van der Waals surface area contributed by atoms with E-state index in [0.29, 0.717) is 13.2 Å². The van der Waals surface area contributed by atoms with E-state index in [1.165, 1.54) is 6.07 Å². The molecule has 1 aromatic rings. The first-order valence-electron chi connectivity index (χ1n) is 6.00. The van der Waals surface area contributed by atoms with Crippen molar-refractivity contribution in [3.8, 4) is 0 Å². The standard InChI is InChI=1S/C13H17IN2O4/c1-8(7-20-2)6-15-13(19)16-11-4-3-9(14)5-10(11)12(17)18/h3-5,8H,6-7H2,1-2H3,(H,17,18)(H2,15,16,19). The van der Waals surface area contributed by atoms with E-state index in [4.69, 9.17) is 9.84 Å². The Balaban J connectivity index is 2.64. The molecule has 0 heterocycles. The number of hydrogen-bond donors (Lipinski definition) is 3. The molecule has 110 valence electrons. The zero-order chi connectivity index (χ0) is 15.1. The Hall–Kier alpha value is -1.35. The van der Waals surface area contributed by atoms with Crippen LogP contribution in [0, 0.1) is 9.49 Å². The van der Waals surface area contributed by atoms with Crippen molar-refractivity contribution < 1.29 is 19.4 Å². The van der Waals surface area contributed by atoms with Crippen LogP contribution >= 0.6 is 22.6 Å². The third-order valence-electron chi connectivity index (χ3n) is 2.52. The lowest BCUT2D eigenvalue weighted by Crippen LogP contribution is -2.33. The van der Waals surface area contributed by atoms with Gasteiger partial charge in [0.05, 0.1) is 17.9 Å². The molecule has 0 aliphatic carbocycles. The number of rotatable bonds is 6. The Morgan fingerprint density at radius 2 is 2.15 bits per heavy atom. The summed E-state index contributed by atoms with van der Waals surface area (Å²) in [4.78, 5) is 22.8.